The summed E-state index contributed by atoms with van der Waals surface area (Å²) < 4.78 is 35.4. The maximum absolute atomic E-state index is 13.3. The summed E-state index contributed by atoms with van der Waals surface area (Å²) in [5.74, 6) is 0.368. The SMILES string of the molecule is CCc1ccc(S(=O)(=O)N[C@@H]2c3cc(CC(=O)N[C@@H]4CCCc5ccccc54)ccc3OC(C)(C)[C@H]2O)cc1. The second kappa shape index (κ2) is 10.8. The number of sulfonamides is 1. The molecule has 0 saturated heterocycles. The van der Waals surface area contributed by atoms with E-state index in [2.05, 4.69) is 22.2 Å². The highest BCUT2D eigenvalue weighted by Crippen LogP contribution is 2.41. The lowest BCUT2D eigenvalue weighted by molar-refractivity contribution is -0.121. The van der Waals surface area contributed by atoms with Crippen molar-refractivity contribution in [1.29, 1.82) is 0 Å². The maximum Gasteiger partial charge on any atom is 0.241 e. The van der Waals surface area contributed by atoms with Crippen LogP contribution in [-0.4, -0.2) is 31.1 Å². The van der Waals surface area contributed by atoms with Crippen LogP contribution in [0.3, 0.4) is 0 Å². The van der Waals surface area contributed by atoms with Gasteiger partial charge in [0.1, 0.15) is 17.5 Å². The fourth-order valence-electron chi connectivity index (χ4n) is 5.56. The Morgan fingerprint density at radius 2 is 1.74 bits per heavy atom. The van der Waals surface area contributed by atoms with Crippen LogP contribution >= 0.6 is 0 Å². The highest BCUT2D eigenvalue weighted by Gasteiger charge is 2.44. The van der Waals surface area contributed by atoms with Crippen LogP contribution in [0.15, 0.2) is 71.6 Å². The summed E-state index contributed by atoms with van der Waals surface area (Å²) in [4.78, 5) is 13.2. The topological polar surface area (TPSA) is 105 Å². The summed E-state index contributed by atoms with van der Waals surface area (Å²) in [7, 11) is -3.94. The van der Waals surface area contributed by atoms with Crippen LogP contribution in [-0.2, 0) is 34.1 Å². The summed E-state index contributed by atoms with van der Waals surface area (Å²) in [5.41, 5.74) is 3.66. The Morgan fingerprint density at radius 1 is 1.03 bits per heavy atom. The molecule has 0 bridgehead atoms. The first-order valence-electron chi connectivity index (χ1n) is 13.6. The number of ether oxygens (including phenoxy) is 1. The molecule has 0 spiro atoms. The monoisotopic (exact) mass is 548 g/mol. The van der Waals surface area contributed by atoms with Gasteiger partial charge in [0.2, 0.25) is 15.9 Å². The molecule has 1 aliphatic heterocycles. The van der Waals surface area contributed by atoms with E-state index in [-0.39, 0.29) is 23.3 Å². The van der Waals surface area contributed by atoms with Crippen molar-refractivity contribution in [2.75, 3.05) is 0 Å². The summed E-state index contributed by atoms with van der Waals surface area (Å²) >= 11 is 0. The number of fused-ring (bicyclic) bond motifs is 2. The van der Waals surface area contributed by atoms with Gasteiger partial charge >= 0.3 is 0 Å². The molecule has 0 saturated carbocycles. The van der Waals surface area contributed by atoms with Gasteiger partial charge < -0.3 is 15.2 Å². The number of rotatable bonds is 7. The Morgan fingerprint density at radius 3 is 2.49 bits per heavy atom. The Kier molecular flexibility index (Phi) is 7.55. The lowest BCUT2D eigenvalue weighted by Gasteiger charge is -2.42. The van der Waals surface area contributed by atoms with E-state index in [1.54, 1.807) is 50.2 Å². The zero-order valence-electron chi connectivity index (χ0n) is 22.6. The minimum Gasteiger partial charge on any atom is -0.485 e. The molecule has 0 unspecified atom stereocenters. The standard InChI is InChI=1S/C31H36N2O5S/c1-4-20-12-15-23(16-13-20)39(36,37)33-29-25-18-21(14-17-27(25)38-31(2,3)30(29)35)19-28(34)32-26-11-7-9-22-8-5-6-10-24(22)26/h5-6,8,10,12-18,26,29-30,33,35H,4,7,9,11,19H2,1-3H3,(H,32,34)/t26-,29-,30+/m1/s1. The highest BCUT2D eigenvalue weighted by atomic mass is 32.2. The molecule has 0 fully saturated rings. The number of hydrogen-bond donors (Lipinski definition) is 3. The number of benzene rings is 3. The maximum atomic E-state index is 13.3. The van der Waals surface area contributed by atoms with Crippen LogP contribution in [0.5, 0.6) is 5.75 Å². The average Bonchev–Trinajstić information content (AvgIpc) is 2.92. The zero-order valence-corrected chi connectivity index (χ0v) is 23.4. The van der Waals surface area contributed by atoms with Gasteiger partial charge in [-0.05, 0) is 86.1 Å². The number of aliphatic hydroxyl groups excluding tert-OH is 1. The molecule has 1 aliphatic carbocycles. The second-order valence-corrected chi connectivity index (χ2v) is 12.7. The Hall–Kier alpha value is -3.20. The molecule has 3 aromatic rings. The molecular weight excluding hydrogens is 512 g/mol. The molecule has 1 heterocycles. The quantitative estimate of drug-likeness (QED) is 0.402. The van der Waals surface area contributed by atoms with Gasteiger partial charge in [-0.15, -0.1) is 0 Å². The zero-order chi connectivity index (χ0) is 27.8. The Labute approximate surface area is 230 Å². The molecule has 5 rings (SSSR count). The molecule has 0 radical (unpaired) electrons. The van der Waals surface area contributed by atoms with Gasteiger partial charge in [-0.1, -0.05) is 49.4 Å². The summed E-state index contributed by atoms with van der Waals surface area (Å²) in [6, 6.07) is 19.3. The van der Waals surface area contributed by atoms with Crippen molar-refractivity contribution in [3.05, 3.63) is 94.5 Å². The number of aryl methyl sites for hydroxylation is 2. The Bertz CT molecular complexity index is 1470. The fourth-order valence-corrected chi connectivity index (χ4v) is 6.78. The van der Waals surface area contributed by atoms with Gasteiger partial charge in [0.05, 0.1) is 23.4 Å². The smallest absolute Gasteiger partial charge is 0.241 e. The lowest BCUT2D eigenvalue weighted by Crippen LogP contribution is -2.53. The van der Waals surface area contributed by atoms with Crippen LogP contribution in [0.4, 0.5) is 0 Å². The number of amides is 1. The average molecular weight is 549 g/mol. The fraction of sp³-hybridized carbons (Fsp3) is 0.387. The van der Waals surface area contributed by atoms with Crippen molar-refractivity contribution < 1.29 is 23.1 Å². The van der Waals surface area contributed by atoms with E-state index in [1.807, 2.05) is 25.1 Å². The summed E-state index contributed by atoms with van der Waals surface area (Å²) in [6.45, 7) is 5.45. The third kappa shape index (κ3) is 5.73. The molecule has 0 aromatic heterocycles. The van der Waals surface area contributed by atoms with Crippen LogP contribution < -0.4 is 14.8 Å². The van der Waals surface area contributed by atoms with Gasteiger partial charge in [0, 0.05) is 5.56 Å². The Balaban J connectivity index is 1.38. The minimum absolute atomic E-state index is 0.0234. The summed E-state index contributed by atoms with van der Waals surface area (Å²) in [5, 5.41) is 14.4. The molecule has 7 nitrogen and oxygen atoms in total. The van der Waals surface area contributed by atoms with Crippen molar-refractivity contribution in [1.82, 2.24) is 10.0 Å². The van der Waals surface area contributed by atoms with E-state index in [4.69, 9.17) is 4.74 Å². The van der Waals surface area contributed by atoms with Gasteiger partial charge in [-0.2, -0.15) is 0 Å². The molecule has 8 heteroatoms. The third-order valence-electron chi connectivity index (χ3n) is 7.80. The van der Waals surface area contributed by atoms with Gasteiger partial charge in [-0.3, -0.25) is 4.79 Å². The molecule has 206 valence electrons. The predicted octanol–water partition coefficient (Wildman–Crippen LogP) is 4.54. The van der Waals surface area contributed by atoms with E-state index in [1.165, 1.54) is 11.1 Å². The predicted molar refractivity (Wildman–Crippen MR) is 150 cm³/mol. The van der Waals surface area contributed by atoms with Crippen molar-refractivity contribution in [2.45, 2.75) is 81.6 Å². The molecule has 2 aliphatic rings. The number of aliphatic hydroxyl groups is 1. The molecule has 1 amide bonds. The largest absolute Gasteiger partial charge is 0.485 e. The van der Waals surface area contributed by atoms with Gasteiger partial charge in [-0.25, -0.2) is 13.1 Å². The summed E-state index contributed by atoms with van der Waals surface area (Å²) in [6.07, 6.45) is 2.71. The number of hydrogen-bond acceptors (Lipinski definition) is 5. The molecule has 3 aromatic carbocycles. The van der Waals surface area contributed by atoms with Crippen molar-refractivity contribution >= 4 is 15.9 Å². The first-order chi connectivity index (χ1) is 18.6. The molecule has 39 heavy (non-hydrogen) atoms. The van der Waals surface area contributed by atoms with Crippen molar-refractivity contribution in [2.24, 2.45) is 0 Å². The highest BCUT2D eigenvalue weighted by molar-refractivity contribution is 7.89. The van der Waals surface area contributed by atoms with Crippen LogP contribution in [0.25, 0.3) is 0 Å². The normalized spacial score (nSPS) is 21.8. The van der Waals surface area contributed by atoms with E-state index < -0.39 is 27.8 Å². The van der Waals surface area contributed by atoms with Crippen molar-refractivity contribution in [3.8, 4) is 5.75 Å². The van der Waals surface area contributed by atoms with Gasteiger partial charge in [0.25, 0.3) is 0 Å². The van der Waals surface area contributed by atoms with E-state index in [9.17, 15) is 18.3 Å². The number of carbonyl (C=O) groups excluding carboxylic acids is 1. The van der Waals surface area contributed by atoms with E-state index in [0.717, 1.165) is 31.2 Å². The number of nitrogens with one attached hydrogen (secondary N) is 2. The second-order valence-electron chi connectivity index (χ2n) is 11.0. The van der Waals surface area contributed by atoms with Crippen LogP contribution in [0.2, 0.25) is 0 Å². The minimum atomic E-state index is -3.94. The lowest BCUT2D eigenvalue weighted by atomic mass is 9.86. The van der Waals surface area contributed by atoms with Crippen LogP contribution in [0, 0.1) is 0 Å². The first kappa shape index (κ1) is 27.4. The van der Waals surface area contributed by atoms with E-state index >= 15 is 0 Å². The molecular formula is C31H36N2O5S. The molecule has 3 N–H and O–H groups in total. The van der Waals surface area contributed by atoms with Crippen molar-refractivity contribution in [3.63, 3.8) is 0 Å². The van der Waals surface area contributed by atoms with Crippen LogP contribution in [0.1, 0.15) is 73.5 Å². The van der Waals surface area contributed by atoms with Gasteiger partial charge in [0.15, 0.2) is 0 Å². The first-order valence-corrected chi connectivity index (χ1v) is 15.0. The molecule has 3 atom stereocenters. The van der Waals surface area contributed by atoms with E-state index in [0.29, 0.717) is 16.9 Å². The third-order valence-corrected chi connectivity index (χ3v) is 9.26. The number of carbonyl (C=O) groups is 1.